The molecule has 8 N–H and O–H groups in total. The summed E-state index contributed by atoms with van der Waals surface area (Å²) in [4.78, 5) is 61.7. The Morgan fingerprint density at radius 2 is 1.00 bits per heavy atom. The van der Waals surface area contributed by atoms with Crippen molar-refractivity contribution in [3.8, 4) is 0 Å². The number of aromatic carboxylic acids is 2. The minimum absolute atomic E-state index is 0.00871. The molecule has 16 heteroatoms. The molecule has 1 fully saturated rings. The number of likely N-dealkylation sites (tertiary alicyclic amines) is 1. The number of anilines is 3. The molecule has 0 radical (unpaired) electrons. The fraction of sp³-hybridized carbons (Fsp3) is 0.500. The highest BCUT2D eigenvalue weighted by Gasteiger charge is 2.29. The fourth-order valence-corrected chi connectivity index (χ4v) is 7.17. The van der Waals surface area contributed by atoms with Crippen molar-refractivity contribution in [2.75, 3.05) is 43.6 Å². The lowest BCUT2D eigenvalue weighted by atomic mass is 9.94. The van der Waals surface area contributed by atoms with Crippen molar-refractivity contribution in [1.82, 2.24) is 15.5 Å². The Balaban J connectivity index is 0.000000266. The smallest absolute Gasteiger partial charge is 0.338 e. The number of rotatable bonds is 5. The van der Waals surface area contributed by atoms with E-state index in [1.165, 1.54) is 41.1 Å². The second-order valence-electron chi connectivity index (χ2n) is 14.5. The van der Waals surface area contributed by atoms with Gasteiger partial charge in [0.2, 0.25) is 0 Å². The Kier molecular flexibility index (Phi) is 14.0. The van der Waals surface area contributed by atoms with Gasteiger partial charge in [0.15, 0.2) is 0 Å². The largest absolute Gasteiger partial charge is 0.478 e. The molecule has 4 rings (SSSR count). The number of carbonyl (C=O) groups is 5. The van der Waals surface area contributed by atoms with Gasteiger partial charge in [-0.1, -0.05) is 62.3 Å². The molecule has 5 amide bonds. The molecule has 4 heterocycles. The molecule has 3 aromatic heterocycles. The quantitative estimate of drug-likeness (QED) is 0.139. The summed E-state index contributed by atoms with van der Waals surface area (Å²) in [5, 5.41) is 29.4. The summed E-state index contributed by atoms with van der Waals surface area (Å²) in [6, 6.07) is 4.46. The number of nitrogens with one attached hydrogen (secondary N) is 4. The molecule has 0 bridgehead atoms. The Labute approximate surface area is 305 Å². The first-order valence-electron chi connectivity index (χ1n) is 15.8. The molecule has 0 unspecified atom stereocenters. The van der Waals surface area contributed by atoms with E-state index in [1.54, 1.807) is 19.2 Å². The summed E-state index contributed by atoms with van der Waals surface area (Å²) in [5.74, 6) is -1.98. The molecule has 13 nitrogen and oxygen atoms in total. The van der Waals surface area contributed by atoms with E-state index in [2.05, 4.69) is 42.0 Å². The molecule has 1 aliphatic heterocycles. The predicted octanol–water partition coefficient (Wildman–Crippen LogP) is 7.46. The van der Waals surface area contributed by atoms with Gasteiger partial charge in [-0.3, -0.25) is 15.4 Å². The van der Waals surface area contributed by atoms with Gasteiger partial charge >= 0.3 is 24.0 Å². The van der Waals surface area contributed by atoms with E-state index >= 15 is 0 Å². The van der Waals surface area contributed by atoms with Crippen LogP contribution in [0.4, 0.5) is 24.6 Å². The highest BCUT2D eigenvalue weighted by Crippen LogP contribution is 2.38. The van der Waals surface area contributed by atoms with Crippen LogP contribution >= 0.6 is 34.0 Å². The number of nitrogens with two attached hydrogens (primary N) is 1. The predicted molar refractivity (Wildman–Crippen MR) is 204 cm³/mol. The number of carboxylic acids is 2. The molecular formula is C34H50N6O7S3. The van der Waals surface area contributed by atoms with Crippen molar-refractivity contribution in [3.05, 3.63) is 49.5 Å². The summed E-state index contributed by atoms with van der Waals surface area (Å²) >= 11 is 4.10. The standard InChI is InChI=1S/C14H21N3O2S.C11H16N2O3S.C9H13NO2S/c1-14(2,3)10-8-9(12(18)17-6-5-7-17)11(20-10)16-13(19)15-4;1-11(2,3)7-5-6(9(14)15)8(17-7)13-10(16)12-4;1-9(2,3)6-4-5(8(11)12)7(10)13-6/h8H,5-7H2,1-4H3,(H2,15,16,19);5H,1-4H3,(H,14,15)(H2,12,13,16);4H,10H2,1-3H3,(H,11,12). The third-order valence-electron chi connectivity index (χ3n) is 7.19. The third-order valence-corrected chi connectivity index (χ3v) is 11.5. The number of carboxylic acid groups (broad SMARTS) is 2. The molecule has 0 saturated carbocycles. The monoisotopic (exact) mass is 750 g/mol. The van der Waals surface area contributed by atoms with Crippen LogP contribution in [0, 0.1) is 0 Å². The highest BCUT2D eigenvalue weighted by molar-refractivity contribution is 7.17. The lowest BCUT2D eigenvalue weighted by Crippen LogP contribution is -2.42. The Morgan fingerprint density at radius 3 is 1.30 bits per heavy atom. The number of nitrogens with zero attached hydrogens (tertiary/aromatic N) is 1. The van der Waals surface area contributed by atoms with Crippen molar-refractivity contribution < 1.29 is 34.2 Å². The number of hydrogen-bond acceptors (Lipinski definition) is 9. The summed E-state index contributed by atoms with van der Waals surface area (Å²) in [7, 11) is 3.04. The molecule has 3 aromatic rings. The van der Waals surface area contributed by atoms with Crippen LogP contribution in [0.3, 0.4) is 0 Å². The molecule has 0 atom stereocenters. The van der Waals surface area contributed by atoms with E-state index in [0.717, 1.165) is 34.1 Å². The van der Waals surface area contributed by atoms with E-state index in [9.17, 15) is 24.0 Å². The van der Waals surface area contributed by atoms with Gasteiger partial charge in [-0.25, -0.2) is 19.2 Å². The van der Waals surface area contributed by atoms with E-state index in [1.807, 2.05) is 52.5 Å². The fourth-order valence-electron chi connectivity index (χ4n) is 3.99. The van der Waals surface area contributed by atoms with Crippen LogP contribution in [0.2, 0.25) is 0 Å². The average molecular weight is 751 g/mol. The maximum Gasteiger partial charge on any atom is 0.338 e. The summed E-state index contributed by atoms with van der Waals surface area (Å²) in [6.45, 7) is 20.0. The van der Waals surface area contributed by atoms with Crippen molar-refractivity contribution in [3.63, 3.8) is 0 Å². The number of nitrogen functional groups attached to an aromatic ring is 1. The van der Waals surface area contributed by atoms with E-state index < -0.39 is 18.0 Å². The normalized spacial score (nSPS) is 12.7. The first-order chi connectivity index (χ1) is 22.9. The van der Waals surface area contributed by atoms with Crippen molar-refractivity contribution in [1.29, 1.82) is 0 Å². The average Bonchev–Trinajstić information content (AvgIpc) is 3.69. The lowest BCUT2D eigenvalue weighted by Gasteiger charge is -2.30. The van der Waals surface area contributed by atoms with Gasteiger partial charge in [-0.2, -0.15) is 0 Å². The van der Waals surface area contributed by atoms with E-state index in [-0.39, 0.29) is 39.3 Å². The molecule has 276 valence electrons. The van der Waals surface area contributed by atoms with Crippen molar-refractivity contribution >= 4 is 78.9 Å². The Hall–Kier alpha value is -4.15. The molecule has 1 saturated heterocycles. The van der Waals surface area contributed by atoms with Gasteiger partial charge in [0.1, 0.15) is 15.0 Å². The van der Waals surface area contributed by atoms with Crippen LogP contribution in [0.15, 0.2) is 18.2 Å². The minimum atomic E-state index is -1.04. The van der Waals surface area contributed by atoms with E-state index in [4.69, 9.17) is 15.9 Å². The van der Waals surface area contributed by atoms with Crippen LogP contribution in [-0.2, 0) is 16.2 Å². The molecule has 0 spiro atoms. The zero-order valence-corrected chi connectivity index (χ0v) is 33.0. The first-order valence-corrected chi connectivity index (χ1v) is 18.3. The molecule has 0 aliphatic carbocycles. The number of carbonyl (C=O) groups excluding carboxylic acids is 3. The summed E-state index contributed by atoms with van der Waals surface area (Å²) in [5.41, 5.74) is 6.30. The summed E-state index contributed by atoms with van der Waals surface area (Å²) in [6.07, 6.45) is 1.06. The van der Waals surface area contributed by atoms with Crippen molar-refractivity contribution in [2.45, 2.75) is 85.0 Å². The van der Waals surface area contributed by atoms with Gasteiger partial charge in [0, 0.05) is 41.8 Å². The number of hydrogen-bond donors (Lipinski definition) is 7. The van der Waals surface area contributed by atoms with Crippen LogP contribution in [-0.4, -0.2) is 72.2 Å². The van der Waals surface area contributed by atoms with Crippen LogP contribution in [0.5, 0.6) is 0 Å². The zero-order chi connectivity index (χ0) is 38.4. The third kappa shape index (κ3) is 11.5. The SMILES string of the molecule is CC(C)(C)c1cc(C(=O)O)c(N)s1.CNC(=O)Nc1sc(C(C)(C)C)cc1C(=O)N1CCC1.CNC(=O)Nc1sc(C(C)(C)C)cc1C(=O)O. The molecule has 50 heavy (non-hydrogen) atoms. The van der Waals surface area contributed by atoms with Crippen LogP contribution < -0.4 is 27.0 Å². The van der Waals surface area contributed by atoms with Crippen LogP contribution in [0.25, 0.3) is 0 Å². The van der Waals surface area contributed by atoms with Gasteiger partial charge in [0.25, 0.3) is 5.91 Å². The highest BCUT2D eigenvalue weighted by atomic mass is 32.1. The molecule has 1 aliphatic rings. The van der Waals surface area contributed by atoms with Gasteiger partial charge in [0.05, 0.1) is 16.7 Å². The van der Waals surface area contributed by atoms with Gasteiger partial charge in [-0.05, 0) is 40.9 Å². The maximum atomic E-state index is 12.4. The second-order valence-corrected chi connectivity index (χ2v) is 17.7. The topological polar surface area (TPSA) is 203 Å². The lowest BCUT2D eigenvalue weighted by molar-refractivity contribution is 0.0650. The molecular weight excluding hydrogens is 701 g/mol. The van der Waals surface area contributed by atoms with Crippen molar-refractivity contribution in [2.24, 2.45) is 0 Å². The first kappa shape index (κ1) is 42.0. The second kappa shape index (κ2) is 16.7. The summed E-state index contributed by atoms with van der Waals surface area (Å²) < 4.78 is 0. The zero-order valence-electron chi connectivity index (χ0n) is 30.5. The minimum Gasteiger partial charge on any atom is -0.478 e. The van der Waals surface area contributed by atoms with E-state index in [0.29, 0.717) is 20.6 Å². The maximum absolute atomic E-state index is 12.4. The van der Waals surface area contributed by atoms with Crippen LogP contribution in [0.1, 0.15) is 114 Å². The molecule has 0 aromatic carbocycles. The number of urea groups is 2. The Bertz CT molecular complexity index is 1700. The number of thiophene rings is 3. The van der Waals surface area contributed by atoms with Gasteiger partial charge in [-0.15, -0.1) is 34.0 Å². The number of amides is 5. The Morgan fingerprint density at radius 1 is 0.640 bits per heavy atom. The van der Waals surface area contributed by atoms with Gasteiger partial charge < -0.3 is 31.5 Å².